The molecule has 1 N–H and O–H groups in total. The van der Waals surface area contributed by atoms with Gasteiger partial charge in [0.2, 0.25) is 5.91 Å². The van der Waals surface area contributed by atoms with E-state index in [9.17, 15) is 35.9 Å². The van der Waals surface area contributed by atoms with Crippen LogP contribution in [0.2, 0.25) is 10.0 Å². The summed E-state index contributed by atoms with van der Waals surface area (Å²) < 4.78 is 78.4. The summed E-state index contributed by atoms with van der Waals surface area (Å²) in [5.41, 5.74) is -0.756. The van der Waals surface area contributed by atoms with Gasteiger partial charge in [0.1, 0.15) is 6.54 Å². The van der Waals surface area contributed by atoms with E-state index in [1.165, 1.54) is 36.4 Å². The van der Waals surface area contributed by atoms with Crippen LogP contribution in [0.1, 0.15) is 46.7 Å². The zero-order chi connectivity index (χ0) is 26.9. The fourth-order valence-corrected chi connectivity index (χ4v) is 4.51. The lowest BCUT2D eigenvalue weighted by atomic mass is 9.93. The minimum atomic E-state index is -4.61. The van der Waals surface area contributed by atoms with Crippen molar-refractivity contribution >= 4 is 56.9 Å². The van der Waals surface area contributed by atoms with E-state index in [0.717, 1.165) is 12.1 Å². The SMILES string of the molecule is O=C(CC1(C(=O)NCC(F)(F)F)CC1)c1ccc(/C=C/C(c2ccc(Cl)c(Cl)c2)C(F)(F)F)cc1Br. The van der Waals surface area contributed by atoms with Gasteiger partial charge in [0, 0.05) is 16.5 Å². The Hall–Kier alpha value is -2.04. The van der Waals surface area contributed by atoms with Crippen molar-refractivity contribution in [3.8, 4) is 0 Å². The van der Waals surface area contributed by atoms with Crippen molar-refractivity contribution in [1.82, 2.24) is 5.32 Å². The molecule has 0 spiro atoms. The van der Waals surface area contributed by atoms with Crippen molar-refractivity contribution < 1.29 is 35.9 Å². The summed E-state index contributed by atoms with van der Waals surface area (Å²) in [6.07, 6.45) is -6.68. The predicted octanol–water partition coefficient (Wildman–Crippen LogP) is 8.15. The molecule has 0 aromatic heterocycles. The molecule has 1 aliphatic rings. The number of alkyl halides is 6. The van der Waals surface area contributed by atoms with Crippen molar-refractivity contribution in [3.05, 3.63) is 73.7 Å². The van der Waals surface area contributed by atoms with Crippen LogP contribution in [0.25, 0.3) is 6.08 Å². The van der Waals surface area contributed by atoms with Gasteiger partial charge in [-0.25, -0.2) is 0 Å². The fourth-order valence-electron chi connectivity index (χ4n) is 3.59. The Kier molecular flexibility index (Phi) is 8.52. The summed E-state index contributed by atoms with van der Waals surface area (Å²) in [6, 6.07) is 7.90. The molecule has 1 saturated carbocycles. The second kappa shape index (κ2) is 10.8. The molecule has 0 radical (unpaired) electrons. The van der Waals surface area contributed by atoms with Gasteiger partial charge in [-0.2, -0.15) is 26.3 Å². The topological polar surface area (TPSA) is 46.2 Å². The Labute approximate surface area is 221 Å². The number of hydrogen-bond acceptors (Lipinski definition) is 2. The van der Waals surface area contributed by atoms with Crippen LogP contribution >= 0.6 is 39.1 Å². The first-order valence-corrected chi connectivity index (χ1v) is 12.0. The second-order valence-electron chi connectivity index (χ2n) is 8.47. The molecule has 0 saturated heterocycles. The highest BCUT2D eigenvalue weighted by atomic mass is 79.9. The van der Waals surface area contributed by atoms with Crippen molar-refractivity contribution in [1.29, 1.82) is 0 Å². The highest BCUT2D eigenvalue weighted by molar-refractivity contribution is 9.10. The molecule has 3 nitrogen and oxygen atoms in total. The van der Waals surface area contributed by atoms with E-state index >= 15 is 0 Å². The third-order valence-corrected chi connectivity index (χ3v) is 7.11. The molecule has 3 rings (SSSR count). The maximum Gasteiger partial charge on any atom is 0.405 e. The molecular formula is C24H18BrCl2F6NO2. The molecule has 36 heavy (non-hydrogen) atoms. The predicted molar refractivity (Wildman–Crippen MR) is 128 cm³/mol. The maximum atomic E-state index is 13.7. The number of hydrogen-bond donors (Lipinski definition) is 1. The molecular weight excluding hydrogens is 599 g/mol. The van der Waals surface area contributed by atoms with Gasteiger partial charge >= 0.3 is 12.4 Å². The van der Waals surface area contributed by atoms with Crippen LogP contribution in [0.4, 0.5) is 26.3 Å². The van der Waals surface area contributed by atoms with Crippen LogP contribution in [0.15, 0.2) is 46.9 Å². The molecule has 1 unspecified atom stereocenters. The van der Waals surface area contributed by atoms with E-state index in [1.807, 2.05) is 5.32 Å². The fraction of sp³-hybridized carbons (Fsp3) is 0.333. The first kappa shape index (κ1) is 28.5. The molecule has 2 aromatic carbocycles. The average Bonchev–Trinajstić information content (AvgIpc) is 3.53. The second-order valence-corrected chi connectivity index (χ2v) is 10.1. The number of allylic oxidation sites excluding steroid dienone is 1. The molecule has 0 bridgehead atoms. The minimum Gasteiger partial charge on any atom is -0.346 e. The lowest BCUT2D eigenvalue weighted by Crippen LogP contribution is -2.39. The van der Waals surface area contributed by atoms with Crippen molar-refractivity contribution in [2.75, 3.05) is 6.54 Å². The summed E-state index contributed by atoms with van der Waals surface area (Å²) in [4.78, 5) is 24.9. The van der Waals surface area contributed by atoms with Crippen molar-refractivity contribution in [2.24, 2.45) is 5.41 Å². The molecule has 0 heterocycles. The van der Waals surface area contributed by atoms with Crippen LogP contribution in [0.5, 0.6) is 0 Å². The maximum absolute atomic E-state index is 13.7. The molecule has 194 valence electrons. The summed E-state index contributed by atoms with van der Waals surface area (Å²) in [5.74, 6) is -3.26. The number of ketones is 1. The number of rotatable bonds is 8. The van der Waals surface area contributed by atoms with Gasteiger partial charge in [-0.05, 0) is 48.2 Å². The Morgan fingerprint density at radius 2 is 1.69 bits per heavy atom. The molecule has 1 aliphatic carbocycles. The number of benzene rings is 2. The quantitative estimate of drug-likeness (QED) is 0.240. The molecule has 1 fully saturated rings. The zero-order valence-corrected chi connectivity index (χ0v) is 21.3. The van der Waals surface area contributed by atoms with Gasteiger partial charge in [0.05, 0.1) is 21.4 Å². The Morgan fingerprint density at radius 1 is 1.03 bits per heavy atom. The van der Waals surface area contributed by atoms with E-state index < -0.39 is 41.9 Å². The molecule has 0 aliphatic heterocycles. The number of Topliss-reactive ketones (excluding diaryl/α,β-unsaturated/α-hetero) is 1. The zero-order valence-electron chi connectivity index (χ0n) is 18.2. The largest absolute Gasteiger partial charge is 0.405 e. The number of amides is 1. The van der Waals surface area contributed by atoms with Crippen LogP contribution in [0.3, 0.4) is 0 Å². The Bertz CT molecular complexity index is 1190. The Balaban J connectivity index is 1.74. The van der Waals surface area contributed by atoms with Gasteiger partial charge in [-0.3, -0.25) is 9.59 Å². The van der Waals surface area contributed by atoms with E-state index in [0.29, 0.717) is 5.56 Å². The lowest BCUT2D eigenvalue weighted by molar-refractivity contribution is -0.141. The molecule has 12 heteroatoms. The van der Waals surface area contributed by atoms with Crippen LogP contribution < -0.4 is 5.32 Å². The third-order valence-electron chi connectivity index (χ3n) is 5.71. The highest BCUT2D eigenvalue weighted by Gasteiger charge is 2.51. The number of halogens is 9. The first-order valence-electron chi connectivity index (χ1n) is 10.5. The molecule has 1 atom stereocenters. The standard InChI is InChI=1S/C24H18BrCl2F6NO2/c25-17-9-13(2-5-16(24(31,32)33)14-3-6-18(26)19(27)10-14)1-4-15(17)20(35)11-22(7-8-22)21(36)34-12-23(28,29)30/h1-6,9-10,16H,7-8,11-12H2,(H,34,36)/b5-2+. The van der Waals surface area contributed by atoms with Gasteiger partial charge in [0.25, 0.3) is 0 Å². The molecule has 2 aromatic rings. The van der Waals surface area contributed by atoms with Crippen molar-refractivity contribution in [3.63, 3.8) is 0 Å². The van der Waals surface area contributed by atoms with Crippen LogP contribution in [0, 0.1) is 5.41 Å². The van der Waals surface area contributed by atoms with E-state index in [4.69, 9.17) is 23.2 Å². The first-order chi connectivity index (χ1) is 16.6. The lowest BCUT2D eigenvalue weighted by Gasteiger charge is -2.18. The van der Waals surface area contributed by atoms with Gasteiger partial charge in [-0.1, -0.05) is 63.4 Å². The highest BCUT2D eigenvalue weighted by Crippen LogP contribution is 2.50. The normalized spacial score (nSPS) is 16.1. The minimum absolute atomic E-state index is 0.0112. The third kappa shape index (κ3) is 7.26. The summed E-state index contributed by atoms with van der Waals surface area (Å²) in [6.45, 7) is -1.48. The Morgan fingerprint density at radius 3 is 2.22 bits per heavy atom. The number of carbonyl (C=O) groups excluding carboxylic acids is 2. The van der Waals surface area contributed by atoms with E-state index in [2.05, 4.69) is 15.9 Å². The smallest absolute Gasteiger partial charge is 0.346 e. The average molecular weight is 617 g/mol. The van der Waals surface area contributed by atoms with E-state index in [1.54, 1.807) is 0 Å². The van der Waals surface area contributed by atoms with Crippen LogP contribution in [-0.4, -0.2) is 30.6 Å². The molecule has 1 amide bonds. The van der Waals surface area contributed by atoms with Gasteiger partial charge < -0.3 is 5.32 Å². The van der Waals surface area contributed by atoms with Crippen LogP contribution in [-0.2, 0) is 4.79 Å². The van der Waals surface area contributed by atoms with Gasteiger partial charge in [-0.15, -0.1) is 0 Å². The van der Waals surface area contributed by atoms with Gasteiger partial charge in [0.15, 0.2) is 5.78 Å². The number of nitrogens with one attached hydrogen (secondary N) is 1. The summed E-state index contributed by atoms with van der Waals surface area (Å²) in [7, 11) is 0. The van der Waals surface area contributed by atoms with Crippen molar-refractivity contribution in [2.45, 2.75) is 37.5 Å². The summed E-state index contributed by atoms with van der Waals surface area (Å²) >= 11 is 14.9. The monoisotopic (exact) mass is 615 g/mol. The summed E-state index contributed by atoms with van der Waals surface area (Å²) in [5, 5.41) is 1.93. The van der Waals surface area contributed by atoms with E-state index in [-0.39, 0.29) is 44.9 Å². The number of carbonyl (C=O) groups is 2.